The van der Waals surface area contributed by atoms with Crippen LogP contribution in [0.25, 0.3) is 0 Å². The van der Waals surface area contributed by atoms with Crippen LogP contribution in [-0.2, 0) is 0 Å². The molecule has 0 spiro atoms. The number of hydrazine groups is 1. The van der Waals surface area contributed by atoms with E-state index in [0.29, 0.717) is 0 Å². The molecule has 0 aromatic carbocycles. The zero-order valence-electron chi connectivity index (χ0n) is 17.3. The van der Waals surface area contributed by atoms with E-state index in [1.807, 2.05) is 0 Å². The number of hydrogen-bond acceptors (Lipinski definition) is 2. The maximum atomic E-state index is 3.10. The first-order valence-corrected chi connectivity index (χ1v) is 12.5. The van der Waals surface area contributed by atoms with Gasteiger partial charge in [0.05, 0.1) is 0 Å². The Kier molecular flexibility index (Phi) is 7.34. The van der Waals surface area contributed by atoms with Crippen molar-refractivity contribution in [3.05, 3.63) is 0 Å². The van der Waals surface area contributed by atoms with E-state index in [1.54, 1.807) is 0 Å². The topological polar surface area (TPSA) is 6.48 Å². The number of hydrogen-bond donors (Lipinski definition) is 0. The van der Waals surface area contributed by atoms with Crippen molar-refractivity contribution >= 4 is 0 Å². The van der Waals surface area contributed by atoms with Gasteiger partial charge in [-0.1, -0.05) is 77.0 Å². The lowest BCUT2D eigenvalue weighted by Gasteiger charge is -2.54. The van der Waals surface area contributed by atoms with Gasteiger partial charge >= 0.3 is 0 Å². The molecular weight excluding hydrogens is 316 g/mol. The molecule has 0 aromatic rings. The second kappa shape index (κ2) is 9.92. The van der Waals surface area contributed by atoms with Crippen LogP contribution in [0.4, 0.5) is 0 Å². The average molecular weight is 361 g/mol. The Hall–Kier alpha value is -0.0800. The lowest BCUT2D eigenvalue weighted by Crippen LogP contribution is -2.62. The van der Waals surface area contributed by atoms with Gasteiger partial charge in [0.25, 0.3) is 0 Å². The highest BCUT2D eigenvalue weighted by atomic mass is 15.7. The van der Waals surface area contributed by atoms with Crippen molar-refractivity contribution in [3.63, 3.8) is 0 Å². The van der Waals surface area contributed by atoms with Crippen molar-refractivity contribution in [2.24, 2.45) is 0 Å². The zero-order valence-corrected chi connectivity index (χ0v) is 17.3. The normalized spacial score (nSPS) is 28.8. The van der Waals surface area contributed by atoms with Crippen molar-refractivity contribution in [1.29, 1.82) is 0 Å². The summed E-state index contributed by atoms with van der Waals surface area (Å²) in [5.41, 5.74) is 0. The van der Waals surface area contributed by atoms with Gasteiger partial charge in [0.1, 0.15) is 0 Å². The van der Waals surface area contributed by atoms with Gasteiger partial charge in [0.2, 0.25) is 0 Å². The van der Waals surface area contributed by atoms with E-state index < -0.39 is 0 Å². The van der Waals surface area contributed by atoms with E-state index in [0.717, 1.165) is 24.2 Å². The van der Waals surface area contributed by atoms with E-state index in [4.69, 9.17) is 0 Å². The van der Waals surface area contributed by atoms with Gasteiger partial charge < -0.3 is 0 Å². The van der Waals surface area contributed by atoms with Crippen molar-refractivity contribution in [1.82, 2.24) is 10.0 Å². The summed E-state index contributed by atoms with van der Waals surface area (Å²) >= 11 is 0. The standard InChI is InChI=1S/C24H44N2/c1-5-13-21(14-6-1)25(22-15-7-2-8-16-22)26(23-17-9-3-10-18-23)24-19-11-4-12-20-24/h21-24H,1-20H2. The SMILES string of the molecule is C1CCC(N(C2CCCCC2)N(C2CCCCC2)C2CCCCC2)CC1. The van der Waals surface area contributed by atoms with Crippen molar-refractivity contribution in [3.8, 4) is 0 Å². The Morgan fingerprint density at radius 1 is 0.269 bits per heavy atom. The Morgan fingerprint density at radius 3 is 0.654 bits per heavy atom. The molecule has 0 bridgehead atoms. The summed E-state index contributed by atoms with van der Waals surface area (Å²) in [6, 6.07) is 3.48. The molecule has 4 aliphatic rings. The van der Waals surface area contributed by atoms with Gasteiger partial charge in [-0.25, -0.2) is 10.0 Å². The second-order valence-corrected chi connectivity index (χ2v) is 9.93. The second-order valence-electron chi connectivity index (χ2n) is 9.93. The molecule has 0 aliphatic heterocycles. The lowest BCUT2D eigenvalue weighted by atomic mass is 9.87. The van der Waals surface area contributed by atoms with E-state index >= 15 is 0 Å². The maximum Gasteiger partial charge on any atom is 0.0249 e. The van der Waals surface area contributed by atoms with Gasteiger partial charge in [0.15, 0.2) is 0 Å². The molecule has 4 rings (SSSR count). The molecule has 2 heteroatoms. The minimum absolute atomic E-state index is 0.871. The number of nitrogens with zero attached hydrogens (tertiary/aromatic N) is 2. The number of rotatable bonds is 5. The highest BCUT2D eigenvalue weighted by molar-refractivity contribution is 4.89. The van der Waals surface area contributed by atoms with Gasteiger partial charge in [-0.3, -0.25) is 0 Å². The van der Waals surface area contributed by atoms with Crippen LogP contribution >= 0.6 is 0 Å². The molecule has 0 radical (unpaired) electrons. The molecule has 0 heterocycles. The molecular formula is C24H44N2. The summed E-state index contributed by atoms with van der Waals surface area (Å²) in [7, 11) is 0. The van der Waals surface area contributed by atoms with Crippen molar-refractivity contribution in [2.45, 2.75) is 153 Å². The smallest absolute Gasteiger partial charge is 0.0249 e. The van der Waals surface area contributed by atoms with Crippen molar-refractivity contribution in [2.75, 3.05) is 0 Å². The van der Waals surface area contributed by atoms with E-state index in [-0.39, 0.29) is 0 Å². The third-order valence-corrected chi connectivity index (χ3v) is 8.06. The van der Waals surface area contributed by atoms with Crippen LogP contribution in [0.5, 0.6) is 0 Å². The first-order chi connectivity index (χ1) is 12.9. The molecule has 0 aromatic heterocycles. The van der Waals surface area contributed by atoms with Gasteiger partial charge in [-0.15, -0.1) is 0 Å². The van der Waals surface area contributed by atoms with Crippen LogP contribution in [0.15, 0.2) is 0 Å². The Bertz CT molecular complexity index is 311. The summed E-state index contributed by atoms with van der Waals surface area (Å²) in [6.45, 7) is 0. The minimum Gasteiger partial charge on any atom is -0.235 e. The molecule has 4 aliphatic carbocycles. The zero-order chi connectivity index (χ0) is 17.6. The van der Waals surface area contributed by atoms with Gasteiger partial charge in [-0.05, 0) is 51.4 Å². The highest BCUT2D eigenvalue weighted by Crippen LogP contribution is 2.38. The quantitative estimate of drug-likeness (QED) is 0.495. The fraction of sp³-hybridized carbons (Fsp3) is 1.00. The summed E-state index contributed by atoms with van der Waals surface area (Å²) in [6.07, 6.45) is 29.6. The minimum atomic E-state index is 0.871. The molecule has 4 saturated carbocycles. The first kappa shape index (κ1) is 19.2. The molecule has 26 heavy (non-hydrogen) atoms. The predicted octanol–water partition coefficient (Wildman–Crippen LogP) is 6.84. The lowest BCUT2D eigenvalue weighted by molar-refractivity contribution is -0.171. The molecule has 0 saturated heterocycles. The molecule has 0 unspecified atom stereocenters. The van der Waals surface area contributed by atoms with Crippen LogP contribution in [0.3, 0.4) is 0 Å². The average Bonchev–Trinajstić information content (AvgIpc) is 2.74. The summed E-state index contributed by atoms with van der Waals surface area (Å²) in [5.74, 6) is 0. The van der Waals surface area contributed by atoms with Gasteiger partial charge in [-0.2, -0.15) is 0 Å². The Balaban J connectivity index is 1.59. The third kappa shape index (κ3) is 4.66. The fourth-order valence-corrected chi connectivity index (χ4v) is 6.73. The monoisotopic (exact) mass is 360 g/mol. The van der Waals surface area contributed by atoms with Crippen LogP contribution in [0.1, 0.15) is 128 Å². The first-order valence-electron chi connectivity index (χ1n) is 12.5. The van der Waals surface area contributed by atoms with Gasteiger partial charge in [0, 0.05) is 24.2 Å². The van der Waals surface area contributed by atoms with Crippen LogP contribution in [-0.4, -0.2) is 34.2 Å². The Morgan fingerprint density at radius 2 is 0.462 bits per heavy atom. The molecule has 0 amide bonds. The van der Waals surface area contributed by atoms with Crippen LogP contribution in [0, 0.1) is 0 Å². The molecule has 0 N–H and O–H groups in total. The maximum absolute atomic E-state index is 3.10. The summed E-state index contributed by atoms with van der Waals surface area (Å²) < 4.78 is 0. The summed E-state index contributed by atoms with van der Waals surface area (Å²) in [4.78, 5) is 0. The predicted molar refractivity (Wildman–Crippen MR) is 111 cm³/mol. The molecule has 0 atom stereocenters. The fourth-order valence-electron chi connectivity index (χ4n) is 6.73. The molecule has 4 fully saturated rings. The largest absolute Gasteiger partial charge is 0.235 e. The highest BCUT2D eigenvalue weighted by Gasteiger charge is 2.40. The van der Waals surface area contributed by atoms with Crippen LogP contribution < -0.4 is 0 Å². The third-order valence-electron chi connectivity index (χ3n) is 8.06. The molecule has 2 nitrogen and oxygen atoms in total. The molecule has 150 valence electrons. The Labute approximate surface area is 163 Å². The summed E-state index contributed by atoms with van der Waals surface area (Å²) in [5, 5.41) is 6.20. The van der Waals surface area contributed by atoms with Crippen LogP contribution in [0.2, 0.25) is 0 Å². The van der Waals surface area contributed by atoms with Crippen molar-refractivity contribution < 1.29 is 0 Å². The van der Waals surface area contributed by atoms with E-state index in [9.17, 15) is 0 Å². The van der Waals surface area contributed by atoms with E-state index in [2.05, 4.69) is 10.0 Å². The van der Waals surface area contributed by atoms with E-state index in [1.165, 1.54) is 128 Å².